The average molecular weight is 409 g/mol. The van der Waals surface area contributed by atoms with Gasteiger partial charge in [0.2, 0.25) is 11.8 Å². The number of nitrogens with one attached hydrogen (secondary N) is 1. The van der Waals surface area contributed by atoms with E-state index < -0.39 is 0 Å². The van der Waals surface area contributed by atoms with E-state index in [4.69, 9.17) is 5.26 Å². The van der Waals surface area contributed by atoms with E-state index in [9.17, 15) is 9.59 Å². The summed E-state index contributed by atoms with van der Waals surface area (Å²) in [5.41, 5.74) is 6.43. The maximum absolute atomic E-state index is 12.7. The van der Waals surface area contributed by atoms with Crippen molar-refractivity contribution in [3.63, 3.8) is 0 Å². The van der Waals surface area contributed by atoms with Crippen molar-refractivity contribution >= 4 is 23.2 Å². The van der Waals surface area contributed by atoms with Crippen LogP contribution in [0.4, 0.5) is 11.4 Å². The van der Waals surface area contributed by atoms with E-state index in [-0.39, 0.29) is 31.1 Å². The second-order valence-corrected chi connectivity index (χ2v) is 7.54. The third kappa shape index (κ3) is 4.65. The third-order valence-corrected chi connectivity index (χ3v) is 5.46. The molecule has 0 saturated heterocycles. The van der Waals surface area contributed by atoms with Gasteiger partial charge in [-0.3, -0.25) is 9.59 Å². The van der Waals surface area contributed by atoms with Gasteiger partial charge in [0, 0.05) is 30.8 Å². The first-order valence-corrected chi connectivity index (χ1v) is 10.4. The smallest absolute Gasteiger partial charge is 0.227 e. The van der Waals surface area contributed by atoms with Gasteiger partial charge in [-0.05, 0) is 52.9 Å². The van der Waals surface area contributed by atoms with Crippen molar-refractivity contribution in [2.24, 2.45) is 0 Å². The molecule has 1 N–H and O–H groups in total. The minimum Gasteiger partial charge on any atom is -0.326 e. The van der Waals surface area contributed by atoms with E-state index in [1.54, 1.807) is 4.90 Å². The number of hydrogen-bond acceptors (Lipinski definition) is 3. The molecule has 0 aliphatic heterocycles. The quantitative estimate of drug-likeness (QED) is 0.471. The minimum atomic E-state index is -0.197. The molecule has 0 radical (unpaired) electrons. The number of carbonyl (C=O) groups excluding carboxylic acids is 2. The molecule has 0 saturated carbocycles. The summed E-state index contributed by atoms with van der Waals surface area (Å²) in [7, 11) is 0. The van der Waals surface area contributed by atoms with Crippen LogP contribution in [-0.2, 0) is 16.0 Å². The first-order chi connectivity index (χ1) is 15.2. The molecule has 5 heteroatoms. The number of fused-ring (bicyclic) bond motifs is 3. The van der Waals surface area contributed by atoms with Gasteiger partial charge in [0.15, 0.2) is 0 Å². The zero-order chi connectivity index (χ0) is 21.6. The molecular weight excluding hydrogens is 386 g/mol. The van der Waals surface area contributed by atoms with Crippen LogP contribution in [-0.4, -0.2) is 18.4 Å². The van der Waals surface area contributed by atoms with Crippen molar-refractivity contribution < 1.29 is 9.59 Å². The van der Waals surface area contributed by atoms with E-state index in [1.165, 1.54) is 22.3 Å². The van der Waals surface area contributed by atoms with Crippen LogP contribution in [0.5, 0.6) is 0 Å². The fourth-order valence-electron chi connectivity index (χ4n) is 3.97. The lowest BCUT2D eigenvalue weighted by molar-refractivity contribution is -0.122. The predicted molar refractivity (Wildman–Crippen MR) is 122 cm³/mol. The first-order valence-electron chi connectivity index (χ1n) is 10.4. The summed E-state index contributed by atoms with van der Waals surface area (Å²) in [4.78, 5) is 26.8. The molecule has 0 bridgehead atoms. The lowest BCUT2D eigenvalue weighted by atomic mass is 10.1. The van der Waals surface area contributed by atoms with Gasteiger partial charge in [-0.15, -0.1) is 0 Å². The number of nitrogens with zero attached hydrogens (tertiary/aromatic N) is 2. The minimum absolute atomic E-state index is 0.0859. The number of benzene rings is 3. The molecule has 5 nitrogen and oxygen atoms in total. The fraction of sp³-hybridized carbons (Fsp3) is 0.192. The summed E-state index contributed by atoms with van der Waals surface area (Å²) >= 11 is 0. The zero-order valence-electron chi connectivity index (χ0n) is 17.2. The molecule has 4 rings (SSSR count). The molecule has 2 amide bonds. The van der Waals surface area contributed by atoms with Gasteiger partial charge in [-0.1, -0.05) is 48.5 Å². The summed E-state index contributed by atoms with van der Waals surface area (Å²) < 4.78 is 0. The molecule has 0 aromatic heterocycles. The summed E-state index contributed by atoms with van der Waals surface area (Å²) in [5.74, 6) is -0.363. The van der Waals surface area contributed by atoms with E-state index in [0.717, 1.165) is 17.8 Å². The number of amides is 2. The van der Waals surface area contributed by atoms with Crippen LogP contribution in [0.2, 0.25) is 0 Å². The Kier molecular flexibility index (Phi) is 6.09. The van der Waals surface area contributed by atoms with Crippen LogP contribution >= 0.6 is 0 Å². The monoisotopic (exact) mass is 409 g/mol. The van der Waals surface area contributed by atoms with Crippen molar-refractivity contribution in [3.8, 4) is 17.2 Å². The van der Waals surface area contributed by atoms with Crippen LogP contribution in [0, 0.1) is 11.3 Å². The standard InChI is InChI=1S/C26H23N3O2/c27-15-6-16-29(22-8-2-1-3-9-22)26(31)14-13-25(30)28-21-11-12-24-20(18-21)17-19-7-4-5-10-23(19)24/h1-5,7-12,18H,6,13-14,16-17H2,(H,28,30). The Hall–Kier alpha value is -3.91. The van der Waals surface area contributed by atoms with Crippen molar-refractivity contribution in [3.05, 3.63) is 83.9 Å². The van der Waals surface area contributed by atoms with Gasteiger partial charge in [-0.2, -0.15) is 5.26 Å². The molecule has 0 unspecified atom stereocenters. The van der Waals surface area contributed by atoms with Crippen molar-refractivity contribution in [2.75, 3.05) is 16.8 Å². The third-order valence-electron chi connectivity index (χ3n) is 5.46. The fourth-order valence-corrected chi connectivity index (χ4v) is 3.97. The van der Waals surface area contributed by atoms with Crippen molar-refractivity contribution in [2.45, 2.75) is 25.7 Å². The summed E-state index contributed by atoms with van der Waals surface area (Å²) in [5, 5.41) is 11.8. The highest BCUT2D eigenvalue weighted by Gasteiger charge is 2.19. The summed E-state index contributed by atoms with van der Waals surface area (Å²) in [6.45, 7) is 0.312. The van der Waals surface area contributed by atoms with Gasteiger partial charge < -0.3 is 10.2 Å². The summed E-state index contributed by atoms with van der Waals surface area (Å²) in [6.07, 6.45) is 1.28. The van der Waals surface area contributed by atoms with E-state index in [1.807, 2.05) is 60.7 Å². The molecule has 0 fully saturated rings. The van der Waals surface area contributed by atoms with Crippen LogP contribution in [0.1, 0.15) is 30.4 Å². The average Bonchev–Trinajstić information content (AvgIpc) is 3.16. The van der Waals surface area contributed by atoms with Gasteiger partial charge in [0.1, 0.15) is 0 Å². The van der Waals surface area contributed by atoms with Crippen LogP contribution < -0.4 is 10.2 Å². The molecule has 0 atom stereocenters. The lowest BCUT2D eigenvalue weighted by Crippen LogP contribution is -2.32. The Labute approximate surface area is 181 Å². The Bertz CT molecular complexity index is 1150. The number of rotatable bonds is 7. The molecule has 1 aliphatic rings. The van der Waals surface area contributed by atoms with Crippen LogP contribution in [0.15, 0.2) is 72.8 Å². The van der Waals surface area contributed by atoms with Crippen LogP contribution in [0.25, 0.3) is 11.1 Å². The maximum atomic E-state index is 12.7. The Morgan fingerprint density at radius 2 is 1.65 bits per heavy atom. The Morgan fingerprint density at radius 1 is 0.903 bits per heavy atom. The topological polar surface area (TPSA) is 73.2 Å². The SMILES string of the molecule is N#CCCN(C(=O)CCC(=O)Nc1ccc2c(c1)Cc1ccccc1-2)c1ccccc1. The summed E-state index contributed by atoms with van der Waals surface area (Å²) in [6, 6.07) is 25.6. The highest BCUT2D eigenvalue weighted by molar-refractivity contribution is 5.98. The maximum Gasteiger partial charge on any atom is 0.227 e. The lowest BCUT2D eigenvalue weighted by Gasteiger charge is -2.21. The molecule has 3 aromatic rings. The first kappa shape index (κ1) is 20.4. The van der Waals surface area contributed by atoms with Crippen LogP contribution in [0.3, 0.4) is 0 Å². The second-order valence-electron chi connectivity index (χ2n) is 7.54. The van der Waals surface area contributed by atoms with Crippen molar-refractivity contribution in [1.29, 1.82) is 5.26 Å². The normalized spacial score (nSPS) is 11.2. The van der Waals surface area contributed by atoms with E-state index >= 15 is 0 Å². The van der Waals surface area contributed by atoms with E-state index in [2.05, 4.69) is 23.5 Å². The number of anilines is 2. The number of hydrogen-bond donors (Lipinski definition) is 1. The largest absolute Gasteiger partial charge is 0.326 e. The Morgan fingerprint density at radius 3 is 2.45 bits per heavy atom. The molecule has 0 heterocycles. The number of nitriles is 1. The molecule has 0 spiro atoms. The Balaban J connectivity index is 1.36. The molecule has 3 aromatic carbocycles. The number of para-hydroxylation sites is 1. The van der Waals surface area contributed by atoms with E-state index in [0.29, 0.717) is 6.54 Å². The molecular formula is C26H23N3O2. The second kappa shape index (κ2) is 9.27. The van der Waals surface area contributed by atoms with Gasteiger partial charge in [-0.25, -0.2) is 0 Å². The van der Waals surface area contributed by atoms with Crippen molar-refractivity contribution in [1.82, 2.24) is 0 Å². The number of carbonyl (C=O) groups is 2. The molecule has 154 valence electrons. The molecule has 1 aliphatic carbocycles. The van der Waals surface area contributed by atoms with Gasteiger partial charge in [0.05, 0.1) is 12.5 Å². The highest BCUT2D eigenvalue weighted by Crippen LogP contribution is 2.37. The highest BCUT2D eigenvalue weighted by atomic mass is 16.2. The predicted octanol–water partition coefficient (Wildman–Crippen LogP) is 4.92. The molecule has 31 heavy (non-hydrogen) atoms. The zero-order valence-corrected chi connectivity index (χ0v) is 17.2. The van der Waals surface area contributed by atoms with Gasteiger partial charge >= 0.3 is 0 Å². The van der Waals surface area contributed by atoms with Gasteiger partial charge in [0.25, 0.3) is 0 Å².